The van der Waals surface area contributed by atoms with Gasteiger partial charge in [-0.15, -0.1) is 0 Å². The minimum absolute atomic E-state index is 0.0548. The number of methoxy groups -OCH3 is 1. The highest BCUT2D eigenvalue weighted by molar-refractivity contribution is 7.89. The summed E-state index contributed by atoms with van der Waals surface area (Å²) in [5.74, 6) is 0.673. The lowest BCUT2D eigenvalue weighted by atomic mass is 10.1. The molecule has 1 heterocycles. The molecule has 1 fully saturated rings. The highest BCUT2D eigenvalue weighted by atomic mass is 32.2. The monoisotopic (exact) mass is 369 g/mol. The minimum atomic E-state index is -3.59. The molecule has 0 saturated carbocycles. The van der Waals surface area contributed by atoms with Gasteiger partial charge in [0.1, 0.15) is 5.75 Å². The molecule has 0 atom stereocenters. The zero-order valence-electron chi connectivity index (χ0n) is 15.5. The average Bonchev–Trinajstić information content (AvgIpc) is 2.55. The fourth-order valence-corrected chi connectivity index (χ4v) is 4.58. The van der Waals surface area contributed by atoms with E-state index in [1.54, 1.807) is 31.1 Å². The van der Waals surface area contributed by atoms with Crippen molar-refractivity contribution >= 4 is 16.1 Å². The first kappa shape index (κ1) is 19.5. The normalized spacial score (nSPS) is 16.2. The molecule has 0 radical (unpaired) electrons. The number of hydrogen-bond donors (Lipinski definition) is 1. The molecule has 0 aliphatic carbocycles. The summed E-state index contributed by atoms with van der Waals surface area (Å²) in [6, 6.07) is 3.30. The lowest BCUT2D eigenvalue weighted by Gasteiger charge is -2.34. The van der Waals surface area contributed by atoms with Crippen molar-refractivity contribution in [2.45, 2.75) is 38.6 Å². The molecule has 1 aliphatic rings. The summed E-state index contributed by atoms with van der Waals surface area (Å²) in [7, 11) is -2.03. The van der Waals surface area contributed by atoms with Crippen LogP contribution in [-0.2, 0) is 10.0 Å². The smallest absolute Gasteiger partial charge is 0.317 e. The summed E-state index contributed by atoms with van der Waals surface area (Å²) in [6.07, 6.45) is 0. The van der Waals surface area contributed by atoms with Gasteiger partial charge in [0.15, 0.2) is 0 Å². The van der Waals surface area contributed by atoms with E-state index >= 15 is 0 Å². The van der Waals surface area contributed by atoms with Gasteiger partial charge in [0.25, 0.3) is 0 Å². The van der Waals surface area contributed by atoms with Crippen molar-refractivity contribution in [3.63, 3.8) is 0 Å². The Bertz CT molecular complexity index is 739. The molecule has 2 amide bonds. The fourth-order valence-electron chi connectivity index (χ4n) is 2.87. The molecule has 1 N–H and O–H groups in total. The fraction of sp³-hybridized carbons (Fsp3) is 0.588. The summed E-state index contributed by atoms with van der Waals surface area (Å²) < 4.78 is 32.7. The average molecular weight is 369 g/mol. The van der Waals surface area contributed by atoms with Gasteiger partial charge in [0.05, 0.1) is 12.0 Å². The summed E-state index contributed by atoms with van der Waals surface area (Å²) in [5.41, 5.74) is 1.43. The Morgan fingerprint density at radius 1 is 1.12 bits per heavy atom. The van der Waals surface area contributed by atoms with Crippen molar-refractivity contribution in [1.82, 2.24) is 14.5 Å². The zero-order chi connectivity index (χ0) is 18.8. The first-order valence-electron chi connectivity index (χ1n) is 8.37. The van der Waals surface area contributed by atoms with Crippen LogP contribution in [0.15, 0.2) is 17.0 Å². The highest BCUT2D eigenvalue weighted by Crippen LogP contribution is 2.28. The van der Waals surface area contributed by atoms with Gasteiger partial charge >= 0.3 is 6.03 Å². The van der Waals surface area contributed by atoms with Crippen molar-refractivity contribution in [2.75, 3.05) is 33.3 Å². The third kappa shape index (κ3) is 4.24. The van der Waals surface area contributed by atoms with Crippen LogP contribution in [-0.4, -0.2) is 63.0 Å². The van der Waals surface area contributed by atoms with Crippen LogP contribution >= 0.6 is 0 Å². The predicted octanol–water partition coefficient (Wildman–Crippen LogP) is 1.74. The Labute approximate surface area is 150 Å². The number of urea groups is 1. The maximum Gasteiger partial charge on any atom is 0.317 e. The molecule has 1 saturated heterocycles. The molecule has 0 bridgehead atoms. The van der Waals surface area contributed by atoms with Gasteiger partial charge in [-0.05, 0) is 51.0 Å². The summed E-state index contributed by atoms with van der Waals surface area (Å²) in [5, 5.41) is 2.83. The van der Waals surface area contributed by atoms with E-state index in [4.69, 9.17) is 4.74 Å². The van der Waals surface area contributed by atoms with Gasteiger partial charge in [0, 0.05) is 32.2 Å². The van der Waals surface area contributed by atoms with Crippen molar-refractivity contribution in [3.05, 3.63) is 23.3 Å². The number of piperazine rings is 1. The topological polar surface area (TPSA) is 79.0 Å². The number of benzene rings is 1. The summed E-state index contributed by atoms with van der Waals surface area (Å²) in [6.45, 7) is 8.72. The molecule has 0 spiro atoms. The van der Waals surface area contributed by atoms with Crippen LogP contribution in [0, 0.1) is 13.8 Å². The third-order valence-corrected chi connectivity index (χ3v) is 6.29. The van der Waals surface area contributed by atoms with E-state index in [2.05, 4.69) is 5.32 Å². The second-order valence-corrected chi connectivity index (χ2v) is 8.49. The van der Waals surface area contributed by atoms with Crippen LogP contribution in [0.5, 0.6) is 5.75 Å². The van der Waals surface area contributed by atoms with E-state index in [9.17, 15) is 13.2 Å². The van der Waals surface area contributed by atoms with Crippen LogP contribution in [0.25, 0.3) is 0 Å². The Kier molecular flexibility index (Phi) is 5.95. The quantitative estimate of drug-likeness (QED) is 0.877. The van der Waals surface area contributed by atoms with Gasteiger partial charge in [-0.1, -0.05) is 0 Å². The molecule has 7 nitrogen and oxygen atoms in total. The number of hydrogen-bond acceptors (Lipinski definition) is 4. The second-order valence-electron chi connectivity index (χ2n) is 6.58. The second kappa shape index (κ2) is 7.61. The molecule has 140 valence electrons. The lowest BCUT2D eigenvalue weighted by molar-refractivity contribution is 0.170. The number of ether oxygens (including phenoxy) is 1. The number of nitrogens with zero attached hydrogens (tertiary/aromatic N) is 2. The van der Waals surface area contributed by atoms with Gasteiger partial charge < -0.3 is 15.0 Å². The standard InChI is InChI=1S/C17H27N3O4S/c1-12(2)18-17(21)19-6-8-20(9-7-19)25(22,23)16-11-13(3)15(24-5)10-14(16)4/h10-12H,6-9H2,1-5H3,(H,18,21). The van der Waals surface area contributed by atoms with Crippen LogP contribution in [0.1, 0.15) is 25.0 Å². The molecule has 25 heavy (non-hydrogen) atoms. The van der Waals surface area contributed by atoms with Crippen LogP contribution in [0.4, 0.5) is 4.79 Å². The molecule has 1 aliphatic heterocycles. The largest absolute Gasteiger partial charge is 0.496 e. The Balaban J connectivity index is 2.15. The zero-order valence-corrected chi connectivity index (χ0v) is 16.3. The Hall–Kier alpha value is -1.80. The van der Waals surface area contributed by atoms with Crippen molar-refractivity contribution in [2.24, 2.45) is 0 Å². The maximum atomic E-state index is 13.0. The van der Waals surface area contributed by atoms with E-state index in [-0.39, 0.29) is 12.1 Å². The number of amides is 2. The number of carbonyl (C=O) groups is 1. The van der Waals surface area contributed by atoms with Crippen molar-refractivity contribution in [3.8, 4) is 5.75 Å². The first-order valence-corrected chi connectivity index (χ1v) is 9.81. The lowest BCUT2D eigenvalue weighted by Crippen LogP contribution is -2.54. The van der Waals surface area contributed by atoms with Gasteiger partial charge in [0.2, 0.25) is 10.0 Å². The number of sulfonamides is 1. The molecule has 8 heteroatoms. The number of aryl methyl sites for hydroxylation is 2. The van der Waals surface area contributed by atoms with Crippen LogP contribution in [0.2, 0.25) is 0 Å². The van der Waals surface area contributed by atoms with E-state index < -0.39 is 10.0 Å². The van der Waals surface area contributed by atoms with Crippen LogP contribution in [0.3, 0.4) is 0 Å². The van der Waals surface area contributed by atoms with Gasteiger partial charge in [-0.3, -0.25) is 0 Å². The van der Waals surface area contributed by atoms with Gasteiger partial charge in [-0.25, -0.2) is 13.2 Å². The Morgan fingerprint density at radius 2 is 1.72 bits per heavy atom. The molecule has 1 aromatic rings. The Morgan fingerprint density at radius 3 is 2.24 bits per heavy atom. The number of rotatable bonds is 4. The molecule has 0 unspecified atom stereocenters. The minimum Gasteiger partial charge on any atom is -0.496 e. The van der Waals surface area contributed by atoms with Crippen LogP contribution < -0.4 is 10.1 Å². The highest BCUT2D eigenvalue weighted by Gasteiger charge is 2.31. The molecule has 0 aromatic heterocycles. The van der Waals surface area contributed by atoms with E-state index in [1.807, 2.05) is 20.8 Å². The van der Waals surface area contributed by atoms with Crippen molar-refractivity contribution in [1.29, 1.82) is 0 Å². The van der Waals surface area contributed by atoms with E-state index in [0.29, 0.717) is 42.4 Å². The molecular formula is C17H27N3O4S. The maximum absolute atomic E-state index is 13.0. The van der Waals surface area contributed by atoms with Crippen molar-refractivity contribution < 1.29 is 17.9 Å². The molecule has 1 aromatic carbocycles. The van der Waals surface area contributed by atoms with E-state index in [0.717, 1.165) is 5.56 Å². The number of nitrogens with one attached hydrogen (secondary N) is 1. The predicted molar refractivity (Wildman–Crippen MR) is 96.5 cm³/mol. The number of carbonyl (C=O) groups excluding carboxylic acids is 1. The first-order chi connectivity index (χ1) is 11.7. The summed E-state index contributed by atoms with van der Waals surface area (Å²) in [4.78, 5) is 14.0. The third-order valence-electron chi connectivity index (χ3n) is 4.25. The molecule has 2 rings (SSSR count). The van der Waals surface area contributed by atoms with Gasteiger partial charge in [-0.2, -0.15) is 4.31 Å². The molecular weight excluding hydrogens is 342 g/mol. The SMILES string of the molecule is COc1cc(C)c(S(=O)(=O)N2CCN(C(=O)NC(C)C)CC2)cc1C. The van der Waals surface area contributed by atoms with E-state index in [1.165, 1.54) is 4.31 Å². The summed E-state index contributed by atoms with van der Waals surface area (Å²) >= 11 is 0.